The number of carbonyl (C=O) groups excluding carboxylic acids is 3. The smallest absolute Gasteiger partial charge is 0.341 e. The van der Waals surface area contributed by atoms with Gasteiger partial charge < -0.3 is 14.8 Å². The maximum absolute atomic E-state index is 12.9. The Morgan fingerprint density at radius 2 is 1.79 bits per heavy atom. The van der Waals surface area contributed by atoms with Crippen LogP contribution < -0.4 is 5.32 Å². The summed E-state index contributed by atoms with van der Waals surface area (Å²) in [7, 11) is 0. The highest BCUT2D eigenvalue weighted by molar-refractivity contribution is 7.17. The minimum atomic E-state index is -0.730. The predicted molar refractivity (Wildman–Crippen MR) is 102 cm³/mol. The van der Waals surface area contributed by atoms with Crippen molar-refractivity contribution in [1.29, 1.82) is 0 Å². The van der Waals surface area contributed by atoms with Crippen molar-refractivity contribution in [2.75, 3.05) is 18.5 Å². The average molecular weight is 405 g/mol. The largest absolute Gasteiger partial charge is 0.462 e. The summed E-state index contributed by atoms with van der Waals surface area (Å²) < 4.78 is 23.0. The third-order valence-electron chi connectivity index (χ3n) is 4.32. The van der Waals surface area contributed by atoms with Gasteiger partial charge in [-0.1, -0.05) is 0 Å². The highest BCUT2D eigenvalue weighted by Crippen LogP contribution is 2.38. The molecule has 0 saturated heterocycles. The number of carbonyl (C=O) groups is 3. The molecule has 0 radical (unpaired) electrons. The summed E-state index contributed by atoms with van der Waals surface area (Å²) >= 11 is 1.36. The Kier molecular flexibility index (Phi) is 6.41. The zero-order valence-corrected chi connectivity index (χ0v) is 16.2. The molecule has 2 aromatic rings. The summed E-state index contributed by atoms with van der Waals surface area (Å²) in [5.41, 5.74) is 1.49. The third-order valence-corrected chi connectivity index (χ3v) is 5.53. The second-order valence-electron chi connectivity index (χ2n) is 6.27. The first-order valence-corrected chi connectivity index (χ1v) is 9.85. The van der Waals surface area contributed by atoms with Crippen LogP contribution in [0.2, 0.25) is 0 Å². The lowest BCUT2D eigenvalue weighted by Gasteiger charge is -2.12. The molecule has 0 fully saturated rings. The van der Waals surface area contributed by atoms with Crippen LogP contribution in [0.3, 0.4) is 0 Å². The maximum atomic E-state index is 12.9. The van der Waals surface area contributed by atoms with Gasteiger partial charge in [0.1, 0.15) is 10.8 Å². The van der Waals surface area contributed by atoms with Gasteiger partial charge in [-0.15, -0.1) is 11.3 Å². The van der Waals surface area contributed by atoms with E-state index in [-0.39, 0.29) is 12.2 Å². The van der Waals surface area contributed by atoms with Crippen LogP contribution in [0, 0.1) is 5.82 Å². The van der Waals surface area contributed by atoms with E-state index in [2.05, 4.69) is 5.32 Å². The SMILES string of the molecule is CCOC(=O)c1c(NC(=O)COC(=O)c2ccc(F)cc2)sc2c1CCCC2. The number of esters is 2. The van der Waals surface area contributed by atoms with Gasteiger partial charge in [-0.05, 0) is 62.4 Å². The molecule has 1 amide bonds. The molecule has 1 N–H and O–H groups in total. The molecular formula is C20H20FNO5S. The fraction of sp³-hybridized carbons (Fsp3) is 0.350. The van der Waals surface area contributed by atoms with Crippen LogP contribution in [0.4, 0.5) is 9.39 Å². The van der Waals surface area contributed by atoms with Gasteiger partial charge in [-0.25, -0.2) is 14.0 Å². The highest BCUT2D eigenvalue weighted by atomic mass is 32.1. The molecule has 0 aliphatic heterocycles. The summed E-state index contributed by atoms with van der Waals surface area (Å²) in [6, 6.07) is 4.83. The van der Waals surface area contributed by atoms with Gasteiger partial charge in [-0.3, -0.25) is 4.79 Å². The molecule has 0 spiro atoms. The van der Waals surface area contributed by atoms with E-state index in [1.165, 1.54) is 23.5 Å². The van der Waals surface area contributed by atoms with Crippen molar-refractivity contribution in [2.45, 2.75) is 32.6 Å². The van der Waals surface area contributed by atoms with Gasteiger partial charge in [0.15, 0.2) is 6.61 Å². The Morgan fingerprint density at radius 3 is 2.50 bits per heavy atom. The van der Waals surface area contributed by atoms with Crippen LogP contribution in [0.5, 0.6) is 0 Å². The van der Waals surface area contributed by atoms with Crippen molar-refractivity contribution in [3.8, 4) is 0 Å². The highest BCUT2D eigenvalue weighted by Gasteiger charge is 2.27. The van der Waals surface area contributed by atoms with Crippen LogP contribution in [-0.4, -0.2) is 31.1 Å². The molecule has 1 heterocycles. The molecule has 0 unspecified atom stereocenters. The summed E-state index contributed by atoms with van der Waals surface area (Å²) in [6.45, 7) is 1.46. The predicted octanol–water partition coefficient (Wildman–Crippen LogP) is 3.74. The minimum absolute atomic E-state index is 0.146. The Bertz CT molecular complexity index is 891. The van der Waals surface area contributed by atoms with Crippen LogP contribution in [0.25, 0.3) is 0 Å². The van der Waals surface area contributed by atoms with E-state index in [0.29, 0.717) is 10.6 Å². The average Bonchev–Trinajstić information content (AvgIpc) is 3.04. The van der Waals surface area contributed by atoms with Crippen LogP contribution in [0.15, 0.2) is 24.3 Å². The van der Waals surface area contributed by atoms with E-state index in [0.717, 1.165) is 48.3 Å². The number of thiophene rings is 1. The summed E-state index contributed by atoms with van der Waals surface area (Å²) in [5.74, 6) is -2.21. The molecule has 0 bridgehead atoms. The molecule has 1 aliphatic carbocycles. The zero-order chi connectivity index (χ0) is 20.1. The van der Waals surface area contributed by atoms with Gasteiger partial charge in [0.05, 0.1) is 17.7 Å². The van der Waals surface area contributed by atoms with Crippen molar-refractivity contribution >= 4 is 34.2 Å². The maximum Gasteiger partial charge on any atom is 0.341 e. The Labute approximate surface area is 165 Å². The molecule has 0 atom stereocenters. The quantitative estimate of drug-likeness (QED) is 0.741. The van der Waals surface area contributed by atoms with E-state index in [1.54, 1.807) is 6.92 Å². The lowest BCUT2D eigenvalue weighted by Crippen LogP contribution is -2.22. The van der Waals surface area contributed by atoms with E-state index >= 15 is 0 Å². The second-order valence-corrected chi connectivity index (χ2v) is 7.37. The Morgan fingerprint density at radius 1 is 1.07 bits per heavy atom. The zero-order valence-electron chi connectivity index (χ0n) is 15.4. The summed E-state index contributed by atoms with van der Waals surface area (Å²) in [5, 5.41) is 3.09. The number of anilines is 1. The normalized spacial score (nSPS) is 12.8. The number of rotatable bonds is 6. The van der Waals surface area contributed by atoms with Crippen molar-refractivity contribution < 1.29 is 28.2 Å². The Balaban J connectivity index is 1.68. The van der Waals surface area contributed by atoms with Crippen molar-refractivity contribution in [3.05, 3.63) is 51.7 Å². The number of benzene rings is 1. The molecule has 1 aromatic heterocycles. The first kappa shape index (κ1) is 20.0. The molecule has 3 rings (SSSR count). The van der Waals surface area contributed by atoms with Gasteiger partial charge in [0.25, 0.3) is 5.91 Å². The summed E-state index contributed by atoms with van der Waals surface area (Å²) in [6.07, 6.45) is 3.66. The number of aryl methyl sites for hydroxylation is 1. The van der Waals surface area contributed by atoms with Crippen molar-refractivity contribution in [1.82, 2.24) is 0 Å². The van der Waals surface area contributed by atoms with Crippen LogP contribution in [-0.2, 0) is 27.1 Å². The first-order valence-electron chi connectivity index (χ1n) is 9.03. The number of ether oxygens (including phenoxy) is 2. The van der Waals surface area contributed by atoms with Crippen LogP contribution >= 0.6 is 11.3 Å². The molecule has 6 nitrogen and oxygen atoms in total. The number of halogens is 1. The minimum Gasteiger partial charge on any atom is -0.462 e. The molecule has 8 heteroatoms. The fourth-order valence-corrected chi connectivity index (χ4v) is 4.33. The van der Waals surface area contributed by atoms with Crippen molar-refractivity contribution in [2.24, 2.45) is 0 Å². The lowest BCUT2D eigenvalue weighted by atomic mass is 9.95. The van der Waals surface area contributed by atoms with Gasteiger partial charge in [0, 0.05) is 4.88 Å². The molecule has 28 heavy (non-hydrogen) atoms. The lowest BCUT2D eigenvalue weighted by molar-refractivity contribution is -0.119. The number of nitrogens with one attached hydrogen (secondary N) is 1. The Hall–Kier alpha value is -2.74. The standard InChI is InChI=1S/C20H20FNO5S/c1-2-26-20(25)17-14-5-3-4-6-15(14)28-18(17)22-16(23)11-27-19(24)12-7-9-13(21)10-8-12/h7-10H,2-6,11H2,1H3,(H,22,23). The summed E-state index contributed by atoms with van der Waals surface area (Å²) in [4.78, 5) is 37.6. The molecular weight excluding hydrogens is 385 g/mol. The monoisotopic (exact) mass is 405 g/mol. The second kappa shape index (κ2) is 8.97. The van der Waals surface area contributed by atoms with Crippen molar-refractivity contribution in [3.63, 3.8) is 0 Å². The fourth-order valence-electron chi connectivity index (χ4n) is 3.04. The van der Waals surface area contributed by atoms with Gasteiger partial charge in [-0.2, -0.15) is 0 Å². The van der Waals surface area contributed by atoms with E-state index < -0.39 is 30.3 Å². The van der Waals surface area contributed by atoms with Crippen LogP contribution in [0.1, 0.15) is 50.9 Å². The molecule has 1 aliphatic rings. The van der Waals surface area contributed by atoms with E-state index in [9.17, 15) is 18.8 Å². The van der Waals surface area contributed by atoms with Gasteiger partial charge >= 0.3 is 11.9 Å². The molecule has 0 saturated carbocycles. The first-order chi connectivity index (χ1) is 13.5. The van der Waals surface area contributed by atoms with Gasteiger partial charge in [0.2, 0.25) is 0 Å². The number of fused-ring (bicyclic) bond motifs is 1. The van der Waals surface area contributed by atoms with E-state index in [1.807, 2.05) is 0 Å². The number of hydrogen-bond acceptors (Lipinski definition) is 6. The number of hydrogen-bond donors (Lipinski definition) is 1. The van der Waals surface area contributed by atoms with E-state index in [4.69, 9.17) is 9.47 Å². The topological polar surface area (TPSA) is 81.7 Å². The molecule has 148 valence electrons. The third kappa shape index (κ3) is 4.56. The molecule has 1 aromatic carbocycles. The number of amides is 1.